The third-order valence-electron chi connectivity index (χ3n) is 12.5. The number of esters is 3. The monoisotopic (exact) mass is 849 g/mol. The summed E-state index contributed by atoms with van der Waals surface area (Å²) in [5.41, 5.74) is 0. The number of hydrogen-bond donors (Lipinski definition) is 0. The highest BCUT2D eigenvalue weighted by molar-refractivity contribution is 5.71. The maximum atomic E-state index is 12.7. The summed E-state index contributed by atoms with van der Waals surface area (Å²) < 4.78 is 16.8. The first-order chi connectivity index (χ1) is 29.1. The Hall–Kier alpha value is -1.59. The lowest BCUT2D eigenvalue weighted by Crippen LogP contribution is -2.30. The molecule has 6 heteroatoms. The minimum Gasteiger partial charge on any atom is -0.462 e. The van der Waals surface area contributed by atoms with E-state index in [1.165, 1.54) is 173 Å². The quantitative estimate of drug-likeness (QED) is 0.0345. The van der Waals surface area contributed by atoms with Crippen LogP contribution in [0, 0.1) is 17.8 Å². The van der Waals surface area contributed by atoms with Crippen molar-refractivity contribution in [2.75, 3.05) is 13.2 Å². The van der Waals surface area contributed by atoms with E-state index < -0.39 is 6.10 Å². The van der Waals surface area contributed by atoms with Gasteiger partial charge in [-0.15, -0.1) is 0 Å². The molecule has 356 valence electrons. The highest BCUT2D eigenvalue weighted by Crippen LogP contribution is 2.18. The number of hydrogen-bond acceptors (Lipinski definition) is 6. The number of ether oxygens (including phenoxy) is 3. The SMILES string of the molecule is CCC(C)CCCCCCCCCCCCCCCCCCCCC(=O)OC[C@@H](COC(=O)CCCCCCCCC(C)C)OC(=O)CCCCCCCCCCC(C)C. The van der Waals surface area contributed by atoms with Gasteiger partial charge in [0.05, 0.1) is 0 Å². The molecule has 0 aromatic carbocycles. The van der Waals surface area contributed by atoms with Crippen LogP contribution in [0.3, 0.4) is 0 Å². The first-order valence-electron chi connectivity index (χ1n) is 26.6. The molecule has 0 aliphatic carbocycles. The van der Waals surface area contributed by atoms with Crippen LogP contribution < -0.4 is 0 Å². The molecule has 0 saturated heterocycles. The lowest BCUT2D eigenvalue weighted by molar-refractivity contribution is -0.167. The van der Waals surface area contributed by atoms with E-state index in [0.29, 0.717) is 19.3 Å². The fourth-order valence-electron chi connectivity index (χ4n) is 8.08. The summed E-state index contributed by atoms with van der Waals surface area (Å²) in [6, 6.07) is 0. The molecule has 60 heavy (non-hydrogen) atoms. The molecule has 0 rings (SSSR count). The van der Waals surface area contributed by atoms with Gasteiger partial charge in [-0.2, -0.15) is 0 Å². The number of rotatable bonds is 47. The van der Waals surface area contributed by atoms with Crippen LogP contribution in [0.1, 0.15) is 292 Å². The molecule has 0 saturated carbocycles. The van der Waals surface area contributed by atoms with Crippen LogP contribution >= 0.6 is 0 Å². The van der Waals surface area contributed by atoms with Crippen molar-refractivity contribution in [3.8, 4) is 0 Å². The Morgan fingerprint density at radius 3 is 0.867 bits per heavy atom. The summed E-state index contributed by atoms with van der Waals surface area (Å²) >= 11 is 0. The smallest absolute Gasteiger partial charge is 0.306 e. The largest absolute Gasteiger partial charge is 0.462 e. The van der Waals surface area contributed by atoms with Gasteiger partial charge in [-0.25, -0.2) is 0 Å². The van der Waals surface area contributed by atoms with Gasteiger partial charge in [0, 0.05) is 19.3 Å². The summed E-state index contributed by atoms with van der Waals surface area (Å²) in [6.45, 7) is 13.7. The Kier molecular flexibility index (Phi) is 44.2. The molecule has 0 amide bonds. The van der Waals surface area contributed by atoms with Gasteiger partial charge in [-0.05, 0) is 37.0 Å². The molecule has 1 unspecified atom stereocenters. The lowest BCUT2D eigenvalue weighted by Gasteiger charge is -2.18. The summed E-state index contributed by atoms with van der Waals surface area (Å²) in [7, 11) is 0. The first-order valence-corrected chi connectivity index (χ1v) is 26.6. The Bertz CT molecular complexity index is 931. The van der Waals surface area contributed by atoms with Crippen LogP contribution in [-0.4, -0.2) is 37.2 Å². The Morgan fingerprint density at radius 1 is 0.333 bits per heavy atom. The average molecular weight is 849 g/mol. The van der Waals surface area contributed by atoms with Gasteiger partial charge in [0.15, 0.2) is 6.10 Å². The van der Waals surface area contributed by atoms with E-state index in [9.17, 15) is 14.4 Å². The summed E-state index contributed by atoms with van der Waals surface area (Å²) in [5.74, 6) is 1.61. The van der Waals surface area contributed by atoms with Gasteiger partial charge < -0.3 is 14.2 Å². The zero-order valence-electron chi connectivity index (χ0n) is 41.3. The van der Waals surface area contributed by atoms with E-state index in [1.807, 2.05) is 0 Å². The zero-order chi connectivity index (χ0) is 44.2. The molecule has 6 nitrogen and oxygen atoms in total. The van der Waals surface area contributed by atoms with Gasteiger partial charge in [-0.1, -0.05) is 253 Å². The highest BCUT2D eigenvalue weighted by atomic mass is 16.6. The normalized spacial score (nSPS) is 12.6. The van der Waals surface area contributed by atoms with Crippen LogP contribution in [0.25, 0.3) is 0 Å². The highest BCUT2D eigenvalue weighted by Gasteiger charge is 2.19. The molecule has 0 aromatic rings. The minimum atomic E-state index is -0.763. The van der Waals surface area contributed by atoms with Crippen molar-refractivity contribution < 1.29 is 28.6 Å². The van der Waals surface area contributed by atoms with Gasteiger partial charge in [0.25, 0.3) is 0 Å². The molecule has 0 heterocycles. The molecule has 0 aromatic heterocycles. The van der Waals surface area contributed by atoms with E-state index in [1.54, 1.807) is 0 Å². The molecular formula is C54H104O6. The average Bonchev–Trinajstić information content (AvgIpc) is 3.22. The van der Waals surface area contributed by atoms with Crippen LogP contribution in [0.2, 0.25) is 0 Å². The van der Waals surface area contributed by atoms with E-state index in [0.717, 1.165) is 75.5 Å². The maximum absolute atomic E-state index is 12.7. The molecule has 0 spiro atoms. The summed E-state index contributed by atoms with van der Waals surface area (Å²) in [4.78, 5) is 37.8. The van der Waals surface area contributed by atoms with Crippen LogP contribution in [0.15, 0.2) is 0 Å². The van der Waals surface area contributed by atoms with Gasteiger partial charge in [0.2, 0.25) is 0 Å². The number of unbranched alkanes of at least 4 members (excludes halogenated alkanes) is 29. The third kappa shape index (κ3) is 45.9. The van der Waals surface area contributed by atoms with Gasteiger partial charge in [0.1, 0.15) is 13.2 Å². The predicted octanol–water partition coefficient (Wildman–Crippen LogP) is 17.2. The molecule has 0 fully saturated rings. The topological polar surface area (TPSA) is 78.9 Å². The molecule has 0 aliphatic heterocycles. The Morgan fingerprint density at radius 2 is 0.583 bits per heavy atom. The second-order valence-electron chi connectivity index (χ2n) is 19.7. The van der Waals surface area contributed by atoms with Crippen LogP contribution in [-0.2, 0) is 28.6 Å². The molecular weight excluding hydrogens is 745 g/mol. The summed E-state index contributed by atoms with van der Waals surface area (Å²) in [5, 5.41) is 0. The van der Waals surface area contributed by atoms with E-state index in [-0.39, 0.29) is 31.1 Å². The van der Waals surface area contributed by atoms with E-state index in [4.69, 9.17) is 14.2 Å². The second kappa shape index (κ2) is 45.4. The lowest BCUT2D eigenvalue weighted by atomic mass is 9.99. The Balaban J connectivity index is 4.15. The molecule has 0 aliphatic rings. The standard InChI is InChI=1S/C54H104O6/c1-7-50(6)42-36-30-23-18-16-14-12-10-8-9-11-13-15-17-19-24-31-37-43-52(55)58-46-51(47-59-53(56)44-38-32-27-26-29-35-41-49(4)5)60-54(57)45-39-33-25-21-20-22-28-34-40-48(2)3/h48-51H,7-47H2,1-6H3/t50?,51-/m0/s1. The van der Waals surface area contributed by atoms with Crippen molar-refractivity contribution in [3.63, 3.8) is 0 Å². The predicted molar refractivity (Wildman–Crippen MR) is 256 cm³/mol. The third-order valence-corrected chi connectivity index (χ3v) is 12.5. The van der Waals surface area contributed by atoms with Crippen molar-refractivity contribution in [2.24, 2.45) is 17.8 Å². The zero-order valence-corrected chi connectivity index (χ0v) is 41.3. The summed E-state index contributed by atoms with van der Waals surface area (Å²) in [6.07, 6.45) is 45.4. The molecule has 0 N–H and O–H groups in total. The van der Waals surface area contributed by atoms with Crippen molar-refractivity contribution >= 4 is 17.9 Å². The van der Waals surface area contributed by atoms with Crippen molar-refractivity contribution in [3.05, 3.63) is 0 Å². The first kappa shape index (κ1) is 58.4. The van der Waals surface area contributed by atoms with Crippen LogP contribution in [0.5, 0.6) is 0 Å². The van der Waals surface area contributed by atoms with E-state index >= 15 is 0 Å². The molecule has 0 bridgehead atoms. The van der Waals surface area contributed by atoms with Crippen molar-refractivity contribution in [1.29, 1.82) is 0 Å². The molecule has 2 atom stereocenters. The fourth-order valence-corrected chi connectivity index (χ4v) is 8.08. The van der Waals surface area contributed by atoms with Crippen molar-refractivity contribution in [2.45, 2.75) is 298 Å². The second-order valence-corrected chi connectivity index (χ2v) is 19.7. The van der Waals surface area contributed by atoms with E-state index in [2.05, 4.69) is 41.5 Å². The maximum Gasteiger partial charge on any atom is 0.306 e. The fraction of sp³-hybridized carbons (Fsp3) is 0.944. The van der Waals surface area contributed by atoms with Gasteiger partial charge >= 0.3 is 17.9 Å². The Labute approximate surface area is 374 Å². The number of carbonyl (C=O) groups excluding carboxylic acids is 3. The van der Waals surface area contributed by atoms with Crippen LogP contribution in [0.4, 0.5) is 0 Å². The molecule has 0 radical (unpaired) electrons. The van der Waals surface area contributed by atoms with Gasteiger partial charge in [-0.3, -0.25) is 14.4 Å². The van der Waals surface area contributed by atoms with Crippen molar-refractivity contribution in [1.82, 2.24) is 0 Å². The number of carbonyl (C=O) groups is 3. The minimum absolute atomic E-state index is 0.0657.